The van der Waals surface area contributed by atoms with Crippen LogP contribution in [0.5, 0.6) is 0 Å². The maximum atomic E-state index is 12.3. The Morgan fingerprint density at radius 1 is 1.33 bits per heavy atom. The summed E-state index contributed by atoms with van der Waals surface area (Å²) in [4.78, 5) is 14.1. The van der Waals surface area contributed by atoms with Crippen molar-refractivity contribution in [3.8, 4) is 0 Å². The predicted molar refractivity (Wildman–Crippen MR) is 84.8 cm³/mol. The topological polar surface area (TPSA) is 41.6 Å². The average molecular weight is 302 g/mol. The second kappa shape index (κ2) is 6.28. The Morgan fingerprint density at radius 3 is 2.86 bits per heavy atom. The van der Waals surface area contributed by atoms with Gasteiger partial charge >= 0.3 is 6.03 Å². The Labute approximate surface area is 128 Å². The van der Waals surface area contributed by atoms with E-state index in [9.17, 15) is 4.79 Å². The number of morpholine rings is 1. The molecule has 21 heavy (non-hydrogen) atoms. The Balaban J connectivity index is 1.65. The lowest BCUT2D eigenvalue weighted by Crippen LogP contribution is -2.44. The van der Waals surface area contributed by atoms with Gasteiger partial charge in [-0.25, -0.2) is 4.79 Å². The molecule has 1 aliphatic rings. The molecule has 5 heteroatoms. The van der Waals surface area contributed by atoms with E-state index in [4.69, 9.17) is 4.74 Å². The van der Waals surface area contributed by atoms with E-state index in [1.54, 1.807) is 0 Å². The lowest BCUT2D eigenvalue weighted by molar-refractivity contribution is -0.0135. The van der Waals surface area contributed by atoms with Gasteiger partial charge in [0.1, 0.15) is 6.10 Å². The fourth-order valence-corrected chi connectivity index (χ4v) is 2.96. The van der Waals surface area contributed by atoms with E-state index in [0.717, 1.165) is 10.6 Å². The van der Waals surface area contributed by atoms with Gasteiger partial charge in [-0.1, -0.05) is 29.8 Å². The summed E-state index contributed by atoms with van der Waals surface area (Å²) < 4.78 is 5.80. The number of amides is 2. The van der Waals surface area contributed by atoms with Crippen LogP contribution in [-0.4, -0.2) is 30.6 Å². The second-order valence-corrected chi connectivity index (χ2v) is 6.07. The third kappa shape index (κ3) is 3.43. The van der Waals surface area contributed by atoms with E-state index in [1.807, 2.05) is 22.4 Å². The minimum Gasteiger partial charge on any atom is -0.370 e. The minimum absolute atomic E-state index is 0.0477. The molecule has 2 amide bonds. The molecule has 1 aromatic heterocycles. The van der Waals surface area contributed by atoms with Crippen molar-refractivity contribution in [3.05, 3.63) is 52.9 Å². The second-order valence-electron chi connectivity index (χ2n) is 5.12. The standard InChI is InChI=1S/C16H18N2O2S/c1-12-4-6-13(7-5-12)14-11-18(8-9-20-14)16(19)17-15-3-2-10-21-15/h2-7,10,14H,8-9,11H2,1H3,(H,17,19). The maximum Gasteiger partial charge on any atom is 0.322 e. The van der Waals surface area contributed by atoms with Gasteiger partial charge in [-0.2, -0.15) is 0 Å². The number of hydrogen-bond acceptors (Lipinski definition) is 3. The number of carbonyl (C=O) groups is 1. The maximum absolute atomic E-state index is 12.3. The molecule has 2 heterocycles. The summed E-state index contributed by atoms with van der Waals surface area (Å²) in [6, 6.07) is 12.1. The van der Waals surface area contributed by atoms with Crippen LogP contribution in [-0.2, 0) is 4.74 Å². The van der Waals surface area contributed by atoms with E-state index in [-0.39, 0.29) is 12.1 Å². The Bertz CT molecular complexity index is 595. The number of anilines is 1. The first-order valence-electron chi connectivity index (χ1n) is 7.00. The number of ether oxygens (including phenoxy) is 1. The first-order valence-corrected chi connectivity index (χ1v) is 7.88. The van der Waals surface area contributed by atoms with E-state index in [0.29, 0.717) is 19.7 Å². The molecule has 110 valence electrons. The average Bonchev–Trinajstić information content (AvgIpc) is 3.01. The van der Waals surface area contributed by atoms with Crippen molar-refractivity contribution < 1.29 is 9.53 Å². The zero-order valence-corrected chi connectivity index (χ0v) is 12.7. The molecule has 1 aromatic carbocycles. The van der Waals surface area contributed by atoms with Crippen LogP contribution in [0.2, 0.25) is 0 Å². The van der Waals surface area contributed by atoms with Crippen LogP contribution in [0.15, 0.2) is 41.8 Å². The summed E-state index contributed by atoms with van der Waals surface area (Å²) in [7, 11) is 0. The van der Waals surface area contributed by atoms with Crippen LogP contribution in [0.25, 0.3) is 0 Å². The highest BCUT2D eigenvalue weighted by atomic mass is 32.1. The Morgan fingerprint density at radius 2 is 2.14 bits per heavy atom. The lowest BCUT2D eigenvalue weighted by Gasteiger charge is -2.33. The number of aryl methyl sites for hydroxylation is 1. The Kier molecular flexibility index (Phi) is 4.22. The highest BCUT2D eigenvalue weighted by molar-refractivity contribution is 7.14. The number of carbonyl (C=O) groups excluding carboxylic acids is 1. The highest BCUT2D eigenvalue weighted by Gasteiger charge is 2.25. The van der Waals surface area contributed by atoms with Gasteiger partial charge in [0.2, 0.25) is 0 Å². The molecule has 0 saturated carbocycles. The molecule has 1 unspecified atom stereocenters. The monoisotopic (exact) mass is 302 g/mol. The zero-order valence-electron chi connectivity index (χ0n) is 11.9. The van der Waals surface area contributed by atoms with Crippen LogP contribution in [0.3, 0.4) is 0 Å². The summed E-state index contributed by atoms with van der Waals surface area (Å²) in [6.45, 7) is 3.84. The van der Waals surface area contributed by atoms with Crippen LogP contribution in [0.4, 0.5) is 9.80 Å². The lowest BCUT2D eigenvalue weighted by atomic mass is 10.1. The minimum atomic E-state index is -0.0575. The van der Waals surface area contributed by atoms with E-state index in [1.165, 1.54) is 16.9 Å². The van der Waals surface area contributed by atoms with Gasteiger partial charge in [0.15, 0.2) is 0 Å². The largest absolute Gasteiger partial charge is 0.370 e. The van der Waals surface area contributed by atoms with Gasteiger partial charge in [-0.05, 0) is 30.0 Å². The smallest absolute Gasteiger partial charge is 0.322 e. The highest BCUT2D eigenvalue weighted by Crippen LogP contribution is 2.23. The van der Waals surface area contributed by atoms with Crippen molar-refractivity contribution >= 4 is 22.4 Å². The molecule has 1 aliphatic heterocycles. The van der Waals surface area contributed by atoms with E-state index < -0.39 is 0 Å². The van der Waals surface area contributed by atoms with Gasteiger partial charge in [0.25, 0.3) is 0 Å². The molecule has 3 rings (SSSR count). The Hall–Kier alpha value is -1.85. The van der Waals surface area contributed by atoms with Crippen molar-refractivity contribution in [1.29, 1.82) is 0 Å². The number of hydrogen-bond donors (Lipinski definition) is 1. The third-order valence-corrected chi connectivity index (χ3v) is 4.34. The number of rotatable bonds is 2. The number of benzene rings is 1. The molecule has 0 aliphatic carbocycles. The summed E-state index contributed by atoms with van der Waals surface area (Å²) >= 11 is 1.52. The molecule has 0 bridgehead atoms. The summed E-state index contributed by atoms with van der Waals surface area (Å²) in [6.07, 6.45) is -0.0477. The fourth-order valence-electron chi connectivity index (χ4n) is 2.35. The molecule has 1 N–H and O–H groups in total. The molecule has 0 spiro atoms. The number of thiophene rings is 1. The number of urea groups is 1. The molecule has 2 aromatic rings. The third-order valence-electron chi connectivity index (χ3n) is 3.55. The number of nitrogens with zero attached hydrogens (tertiary/aromatic N) is 1. The predicted octanol–water partition coefficient (Wildman–Crippen LogP) is 3.66. The summed E-state index contributed by atoms with van der Waals surface area (Å²) in [5.74, 6) is 0. The van der Waals surface area contributed by atoms with Gasteiger partial charge in [-0.3, -0.25) is 5.32 Å². The SMILES string of the molecule is Cc1ccc(C2CN(C(=O)Nc3cccs3)CCO2)cc1. The molecular weight excluding hydrogens is 284 g/mol. The van der Waals surface area contributed by atoms with E-state index in [2.05, 4.69) is 36.5 Å². The van der Waals surface area contributed by atoms with E-state index >= 15 is 0 Å². The van der Waals surface area contributed by atoms with Gasteiger partial charge in [0, 0.05) is 6.54 Å². The van der Waals surface area contributed by atoms with Crippen molar-refractivity contribution in [2.45, 2.75) is 13.0 Å². The van der Waals surface area contributed by atoms with Gasteiger partial charge in [-0.15, -0.1) is 11.3 Å². The normalized spacial score (nSPS) is 18.5. The van der Waals surface area contributed by atoms with Crippen LogP contribution < -0.4 is 5.32 Å². The summed E-state index contributed by atoms with van der Waals surface area (Å²) in [5.41, 5.74) is 2.34. The van der Waals surface area contributed by atoms with Crippen molar-refractivity contribution in [3.63, 3.8) is 0 Å². The first kappa shape index (κ1) is 14.1. The molecule has 4 nitrogen and oxygen atoms in total. The van der Waals surface area contributed by atoms with Crippen molar-refractivity contribution in [1.82, 2.24) is 4.90 Å². The van der Waals surface area contributed by atoms with Crippen LogP contribution in [0, 0.1) is 6.92 Å². The van der Waals surface area contributed by atoms with Gasteiger partial charge in [0.05, 0.1) is 18.2 Å². The zero-order chi connectivity index (χ0) is 14.7. The van der Waals surface area contributed by atoms with Crippen LogP contribution in [0.1, 0.15) is 17.2 Å². The molecule has 1 fully saturated rings. The first-order chi connectivity index (χ1) is 10.2. The van der Waals surface area contributed by atoms with Crippen molar-refractivity contribution in [2.24, 2.45) is 0 Å². The van der Waals surface area contributed by atoms with Gasteiger partial charge < -0.3 is 9.64 Å². The molecule has 1 atom stereocenters. The van der Waals surface area contributed by atoms with Crippen LogP contribution >= 0.6 is 11.3 Å². The molecule has 0 radical (unpaired) electrons. The quantitative estimate of drug-likeness (QED) is 0.920. The fraction of sp³-hybridized carbons (Fsp3) is 0.312. The molecular formula is C16H18N2O2S. The number of nitrogens with one attached hydrogen (secondary N) is 1. The van der Waals surface area contributed by atoms with Crippen molar-refractivity contribution in [2.75, 3.05) is 25.0 Å². The summed E-state index contributed by atoms with van der Waals surface area (Å²) in [5, 5.41) is 5.74. The molecule has 1 saturated heterocycles.